The predicted octanol–water partition coefficient (Wildman–Crippen LogP) is 3.60. The maximum atomic E-state index is 13.4. The molecule has 0 saturated carbocycles. The summed E-state index contributed by atoms with van der Waals surface area (Å²) in [4.78, 5) is 3.94. The van der Waals surface area contributed by atoms with Crippen molar-refractivity contribution in [1.29, 1.82) is 0 Å². The van der Waals surface area contributed by atoms with E-state index in [9.17, 15) is 9.50 Å². The molecule has 0 radical (unpaired) electrons. The van der Waals surface area contributed by atoms with E-state index in [4.69, 9.17) is 28.1 Å². The van der Waals surface area contributed by atoms with Crippen molar-refractivity contribution < 1.29 is 36.0 Å². The third-order valence-corrected chi connectivity index (χ3v) is 4.43. The zero-order valence-electron chi connectivity index (χ0n) is 13.8. The molecule has 4 nitrogen and oxygen atoms in total. The molecule has 25 heavy (non-hydrogen) atoms. The zero-order chi connectivity index (χ0) is 18.8. The van der Waals surface area contributed by atoms with Gasteiger partial charge in [0.2, 0.25) is 0 Å². The third-order valence-electron chi connectivity index (χ3n) is 3.06. The molecule has 2 aromatic rings. The molecule has 0 spiro atoms. The second kappa shape index (κ2) is 11.7. The van der Waals surface area contributed by atoms with E-state index in [1.165, 1.54) is 19.2 Å². The molecule has 1 atom stereocenters. The first-order chi connectivity index (χ1) is 12.0. The molecule has 9 heteroatoms. The number of ether oxygens (including phenoxy) is 2. The SMILES string of the molecule is CN=Cc1cc(F)ccc1Pc1cc(OC)cc(OC)c1O.[Cl][Ti][Cl]. The van der Waals surface area contributed by atoms with Gasteiger partial charge in [0.1, 0.15) is 11.6 Å². The zero-order valence-corrected chi connectivity index (χ0v) is 17.9. The van der Waals surface area contributed by atoms with Crippen molar-refractivity contribution in [2.45, 2.75) is 0 Å². The first-order valence-electron chi connectivity index (χ1n) is 6.90. The normalized spacial score (nSPS) is 10.6. The van der Waals surface area contributed by atoms with Gasteiger partial charge in [-0.15, -0.1) is 0 Å². The number of methoxy groups -OCH3 is 2. The number of hydrogen-bond acceptors (Lipinski definition) is 4. The summed E-state index contributed by atoms with van der Waals surface area (Å²) in [5.41, 5.74) is 0.682. The molecule has 2 aromatic carbocycles. The van der Waals surface area contributed by atoms with Crippen LogP contribution < -0.4 is 20.1 Å². The van der Waals surface area contributed by atoms with Crippen molar-refractivity contribution in [2.24, 2.45) is 4.99 Å². The minimum atomic E-state index is -0.556. The molecule has 134 valence electrons. The summed E-state index contributed by atoms with van der Waals surface area (Å²) in [6.07, 6.45) is 1.60. The monoisotopic (exact) mass is 439 g/mol. The molecule has 1 unspecified atom stereocenters. The van der Waals surface area contributed by atoms with E-state index in [1.807, 2.05) is 0 Å². The number of aliphatic imine (C=N–C) groups is 1. The van der Waals surface area contributed by atoms with Crippen molar-refractivity contribution >= 4 is 44.0 Å². The van der Waals surface area contributed by atoms with Gasteiger partial charge in [0.25, 0.3) is 0 Å². The van der Waals surface area contributed by atoms with Crippen LogP contribution in [0.2, 0.25) is 0 Å². The Bertz CT molecular complexity index is 735. The molecule has 0 aliphatic heterocycles. The van der Waals surface area contributed by atoms with Gasteiger partial charge in [-0.1, -0.05) is 14.6 Å². The Morgan fingerprint density at radius 1 is 1.16 bits per heavy atom. The van der Waals surface area contributed by atoms with Crippen LogP contribution in [0.1, 0.15) is 5.56 Å². The Morgan fingerprint density at radius 3 is 2.40 bits per heavy atom. The van der Waals surface area contributed by atoms with Crippen LogP contribution in [0.3, 0.4) is 0 Å². The van der Waals surface area contributed by atoms with Gasteiger partial charge < -0.3 is 14.6 Å². The van der Waals surface area contributed by atoms with E-state index < -0.39 is 17.0 Å². The molecular formula is C16H17Cl2FNO3PTi. The van der Waals surface area contributed by atoms with Crippen molar-refractivity contribution in [3.63, 3.8) is 0 Å². The Labute approximate surface area is 164 Å². The van der Waals surface area contributed by atoms with E-state index >= 15 is 0 Å². The van der Waals surface area contributed by atoms with Gasteiger partial charge in [0, 0.05) is 30.2 Å². The molecule has 0 aliphatic rings. The first kappa shape index (κ1) is 22.2. The summed E-state index contributed by atoms with van der Waals surface area (Å²) >= 11 is -0.556. The summed E-state index contributed by atoms with van der Waals surface area (Å²) in [7, 11) is 14.5. The van der Waals surface area contributed by atoms with Crippen LogP contribution in [0.5, 0.6) is 17.2 Å². The number of rotatable bonds is 5. The summed E-state index contributed by atoms with van der Waals surface area (Å²) in [6, 6.07) is 7.86. The molecule has 0 aliphatic carbocycles. The summed E-state index contributed by atoms with van der Waals surface area (Å²) in [6.45, 7) is 0. The van der Waals surface area contributed by atoms with E-state index in [2.05, 4.69) is 4.99 Å². The molecule has 0 fully saturated rings. The second-order valence-electron chi connectivity index (χ2n) is 4.54. The average molecular weight is 440 g/mol. The Kier molecular flexibility index (Phi) is 10.4. The number of benzene rings is 2. The third kappa shape index (κ3) is 6.76. The van der Waals surface area contributed by atoms with Gasteiger partial charge in [-0.2, -0.15) is 0 Å². The Balaban J connectivity index is 0.000000970. The molecule has 0 bridgehead atoms. The standard InChI is InChI=1S/C16H17FNO3P.2ClH.Ti/c1-18-9-10-6-11(17)4-5-14(10)22-15-8-12(20-2)7-13(21-3)16(15)19;;;/h4-9,19,22H,1-3H3;2*1H;/q;;;+2/p-2. The molecule has 2 rings (SSSR count). The number of aromatic hydroxyl groups is 1. The van der Waals surface area contributed by atoms with Gasteiger partial charge in [-0.05, 0) is 23.5 Å². The fourth-order valence-corrected chi connectivity index (χ4v) is 3.18. The number of phenolic OH excluding ortho intramolecular Hbond substituents is 1. The molecule has 0 amide bonds. The summed E-state index contributed by atoms with van der Waals surface area (Å²) < 4.78 is 23.7. The van der Waals surface area contributed by atoms with Crippen molar-refractivity contribution in [3.05, 3.63) is 41.7 Å². The van der Waals surface area contributed by atoms with Crippen molar-refractivity contribution in [1.82, 2.24) is 0 Å². The molecule has 1 N–H and O–H groups in total. The van der Waals surface area contributed by atoms with Crippen LogP contribution >= 0.6 is 27.2 Å². The van der Waals surface area contributed by atoms with Crippen LogP contribution in [0, 0.1) is 5.82 Å². The minimum absolute atomic E-state index is 0.0605. The fraction of sp³-hybridized carbons (Fsp3) is 0.188. The number of phenols is 1. The van der Waals surface area contributed by atoms with Crippen LogP contribution in [0.4, 0.5) is 4.39 Å². The van der Waals surface area contributed by atoms with Crippen molar-refractivity contribution in [2.75, 3.05) is 21.3 Å². The fourth-order valence-electron chi connectivity index (χ4n) is 1.99. The van der Waals surface area contributed by atoms with Gasteiger partial charge in [0.05, 0.1) is 14.2 Å². The Morgan fingerprint density at radius 2 is 1.84 bits per heavy atom. The van der Waals surface area contributed by atoms with Crippen LogP contribution in [-0.2, 0) is 17.0 Å². The molecule has 0 aromatic heterocycles. The van der Waals surface area contributed by atoms with Gasteiger partial charge in [-0.25, -0.2) is 4.39 Å². The summed E-state index contributed by atoms with van der Waals surface area (Å²) in [5, 5.41) is 11.8. The molecule has 0 heterocycles. The van der Waals surface area contributed by atoms with E-state index in [0.717, 1.165) is 5.30 Å². The summed E-state index contributed by atoms with van der Waals surface area (Å²) in [5.74, 6) is 0.667. The van der Waals surface area contributed by atoms with Gasteiger partial charge in [-0.3, -0.25) is 4.99 Å². The van der Waals surface area contributed by atoms with Crippen LogP contribution in [0.15, 0.2) is 35.3 Å². The van der Waals surface area contributed by atoms with Gasteiger partial charge >= 0.3 is 35.6 Å². The first-order valence-corrected chi connectivity index (χ1v) is 12.2. The average Bonchev–Trinajstić information content (AvgIpc) is 2.59. The quantitative estimate of drug-likeness (QED) is 0.440. The van der Waals surface area contributed by atoms with Crippen LogP contribution in [-0.4, -0.2) is 32.6 Å². The maximum absolute atomic E-state index is 13.4. The predicted molar refractivity (Wildman–Crippen MR) is 100 cm³/mol. The number of hydrogen-bond donors (Lipinski definition) is 1. The van der Waals surface area contributed by atoms with Gasteiger partial charge in [0.15, 0.2) is 11.5 Å². The number of nitrogens with zero attached hydrogens (tertiary/aromatic N) is 1. The number of halogens is 3. The Hall–Kier alpha value is -0.836. The van der Waals surface area contributed by atoms with E-state index in [1.54, 1.807) is 38.6 Å². The second-order valence-corrected chi connectivity index (χ2v) is 8.45. The van der Waals surface area contributed by atoms with Crippen LogP contribution in [0.25, 0.3) is 0 Å². The van der Waals surface area contributed by atoms with E-state index in [0.29, 0.717) is 22.4 Å². The molecular weight excluding hydrogens is 423 g/mol. The topological polar surface area (TPSA) is 51.0 Å². The van der Waals surface area contributed by atoms with E-state index in [-0.39, 0.29) is 20.1 Å². The molecule has 0 saturated heterocycles. The van der Waals surface area contributed by atoms with Crippen molar-refractivity contribution in [3.8, 4) is 17.2 Å².